The molecule has 0 spiro atoms. The average molecular weight is 383 g/mol. The molecule has 0 unspecified atom stereocenters. The van der Waals surface area contributed by atoms with Gasteiger partial charge in [-0.2, -0.15) is 0 Å². The molecule has 0 aliphatic rings. The number of ether oxygens (including phenoxy) is 1. The van der Waals surface area contributed by atoms with Crippen LogP contribution in [0.25, 0.3) is 10.9 Å². The number of carbonyl (C=O) groups excluding carboxylic acids is 1. The number of thioether (sulfide) groups is 1. The lowest BCUT2D eigenvalue weighted by molar-refractivity contribution is -0.384. The third-order valence-corrected chi connectivity index (χ3v) is 4.60. The van der Waals surface area contributed by atoms with Crippen LogP contribution in [0, 0.1) is 10.1 Å². The van der Waals surface area contributed by atoms with Crippen molar-refractivity contribution >= 4 is 39.9 Å². The number of carbonyl (C=O) groups is 1. The molecule has 0 saturated heterocycles. The van der Waals surface area contributed by atoms with Crippen molar-refractivity contribution in [2.24, 2.45) is 0 Å². The van der Waals surface area contributed by atoms with Crippen molar-refractivity contribution < 1.29 is 14.5 Å². The van der Waals surface area contributed by atoms with E-state index in [1.807, 2.05) is 36.4 Å². The first-order valence-corrected chi connectivity index (χ1v) is 9.25. The Morgan fingerprint density at radius 1 is 1.22 bits per heavy atom. The number of nitro groups is 1. The highest BCUT2D eigenvalue weighted by molar-refractivity contribution is 7.99. The molecule has 3 aromatic rings. The molecule has 138 valence electrons. The molecule has 3 rings (SSSR count). The van der Waals surface area contributed by atoms with Gasteiger partial charge >= 0.3 is 0 Å². The molecule has 0 aliphatic heterocycles. The molecule has 1 heterocycles. The third-order valence-electron chi connectivity index (χ3n) is 3.68. The van der Waals surface area contributed by atoms with E-state index in [4.69, 9.17) is 4.74 Å². The van der Waals surface area contributed by atoms with Gasteiger partial charge in [0, 0.05) is 5.39 Å². The smallest absolute Gasteiger partial charge is 0.296 e. The van der Waals surface area contributed by atoms with Crippen molar-refractivity contribution in [1.29, 1.82) is 0 Å². The lowest BCUT2D eigenvalue weighted by Crippen LogP contribution is -2.15. The summed E-state index contributed by atoms with van der Waals surface area (Å²) < 4.78 is 5.27. The number of anilines is 1. The lowest BCUT2D eigenvalue weighted by atomic mass is 10.2. The second-order valence-corrected chi connectivity index (χ2v) is 6.54. The van der Waals surface area contributed by atoms with Gasteiger partial charge in [0.25, 0.3) is 5.69 Å². The van der Waals surface area contributed by atoms with Crippen LogP contribution < -0.4 is 10.1 Å². The predicted molar refractivity (Wildman–Crippen MR) is 105 cm³/mol. The fourth-order valence-corrected chi connectivity index (χ4v) is 3.16. The largest absolute Gasteiger partial charge is 0.494 e. The quantitative estimate of drug-likeness (QED) is 0.372. The second kappa shape index (κ2) is 8.50. The van der Waals surface area contributed by atoms with Gasteiger partial charge in [-0.1, -0.05) is 36.0 Å². The van der Waals surface area contributed by atoms with Crippen LogP contribution in [0.2, 0.25) is 0 Å². The van der Waals surface area contributed by atoms with Crippen LogP contribution in [0.4, 0.5) is 11.4 Å². The van der Waals surface area contributed by atoms with Gasteiger partial charge in [0.2, 0.25) is 5.91 Å². The molecule has 1 N–H and O–H groups in total. The Morgan fingerprint density at radius 2 is 2.04 bits per heavy atom. The molecule has 2 aromatic carbocycles. The monoisotopic (exact) mass is 383 g/mol. The first-order chi connectivity index (χ1) is 13.1. The number of para-hydroxylation sites is 1. The summed E-state index contributed by atoms with van der Waals surface area (Å²) in [6.45, 7) is 2.19. The number of nitro benzene ring substituents is 1. The Kier molecular flexibility index (Phi) is 5.87. The van der Waals surface area contributed by atoms with Crippen LogP contribution in [0.15, 0.2) is 59.6 Å². The molecule has 0 bridgehead atoms. The van der Waals surface area contributed by atoms with E-state index >= 15 is 0 Å². The van der Waals surface area contributed by atoms with Crippen LogP contribution in [0.3, 0.4) is 0 Å². The van der Waals surface area contributed by atoms with Crippen LogP contribution in [-0.4, -0.2) is 28.2 Å². The summed E-state index contributed by atoms with van der Waals surface area (Å²) in [6, 6.07) is 15.9. The first kappa shape index (κ1) is 18.7. The van der Waals surface area contributed by atoms with Gasteiger partial charge in [-0.3, -0.25) is 14.9 Å². The molecule has 1 aromatic heterocycles. The van der Waals surface area contributed by atoms with Crippen LogP contribution in [0.5, 0.6) is 5.75 Å². The van der Waals surface area contributed by atoms with Gasteiger partial charge in [0.1, 0.15) is 11.4 Å². The Morgan fingerprint density at radius 3 is 2.81 bits per heavy atom. The van der Waals surface area contributed by atoms with Crippen LogP contribution in [-0.2, 0) is 4.79 Å². The number of amides is 1. The van der Waals surface area contributed by atoms with Gasteiger partial charge in [-0.05, 0) is 31.2 Å². The molecule has 1 amide bonds. The molecule has 7 nitrogen and oxygen atoms in total. The normalized spacial score (nSPS) is 10.6. The van der Waals surface area contributed by atoms with Crippen molar-refractivity contribution in [3.63, 3.8) is 0 Å². The summed E-state index contributed by atoms with van der Waals surface area (Å²) in [5.41, 5.74) is 0.786. The number of nitrogens with zero attached hydrogens (tertiary/aromatic N) is 2. The molecular formula is C19H17N3O4S. The highest BCUT2D eigenvalue weighted by Gasteiger charge is 2.17. The molecule has 0 fully saturated rings. The van der Waals surface area contributed by atoms with E-state index in [9.17, 15) is 14.9 Å². The van der Waals surface area contributed by atoms with Crippen molar-refractivity contribution in [3.05, 3.63) is 64.7 Å². The van der Waals surface area contributed by atoms with Crippen molar-refractivity contribution in [2.75, 3.05) is 17.7 Å². The number of hydrogen-bond acceptors (Lipinski definition) is 6. The van der Waals surface area contributed by atoms with E-state index < -0.39 is 4.92 Å². The zero-order valence-corrected chi connectivity index (χ0v) is 15.4. The van der Waals surface area contributed by atoms with Crippen molar-refractivity contribution in [2.45, 2.75) is 11.9 Å². The SMILES string of the molecule is CCOc1ccc(NC(=O)CSc2ccc3ccccc3n2)c([N+](=O)[O-])c1. The zero-order chi connectivity index (χ0) is 19.2. The molecular weight excluding hydrogens is 366 g/mol. The summed E-state index contributed by atoms with van der Waals surface area (Å²) >= 11 is 1.27. The number of pyridine rings is 1. The molecule has 0 atom stereocenters. The molecule has 27 heavy (non-hydrogen) atoms. The Labute approximate surface area is 159 Å². The van der Waals surface area contributed by atoms with Crippen molar-refractivity contribution in [1.82, 2.24) is 4.98 Å². The number of fused-ring (bicyclic) bond motifs is 1. The van der Waals surface area contributed by atoms with Crippen molar-refractivity contribution in [3.8, 4) is 5.75 Å². The molecule has 0 saturated carbocycles. The van der Waals surface area contributed by atoms with Gasteiger partial charge in [-0.15, -0.1) is 0 Å². The number of benzene rings is 2. The van der Waals surface area contributed by atoms with Gasteiger partial charge < -0.3 is 10.1 Å². The minimum absolute atomic E-state index is 0.0930. The predicted octanol–water partition coefficient (Wildman–Crippen LogP) is 4.27. The molecule has 8 heteroatoms. The second-order valence-electron chi connectivity index (χ2n) is 5.55. The summed E-state index contributed by atoms with van der Waals surface area (Å²) in [5.74, 6) is 0.134. The van der Waals surface area contributed by atoms with E-state index in [-0.39, 0.29) is 23.0 Å². The minimum Gasteiger partial charge on any atom is -0.494 e. The van der Waals surface area contributed by atoms with E-state index in [2.05, 4.69) is 10.3 Å². The lowest BCUT2D eigenvalue weighted by Gasteiger charge is -2.08. The fraction of sp³-hybridized carbons (Fsp3) is 0.158. The average Bonchev–Trinajstić information content (AvgIpc) is 2.67. The third kappa shape index (κ3) is 4.73. The Hall–Kier alpha value is -3.13. The summed E-state index contributed by atoms with van der Waals surface area (Å²) in [7, 11) is 0. The number of rotatable bonds is 7. The van der Waals surface area contributed by atoms with Gasteiger partial charge in [0.05, 0.1) is 33.9 Å². The maximum absolute atomic E-state index is 12.2. The minimum atomic E-state index is -0.545. The maximum Gasteiger partial charge on any atom is 0.296 e. The van der Waals surface area contributed by atoms with Gasteiger partial charge in [-0.25, -0.2) is 4.98 Å². The van der Waals surface area contributed by atoms with Crippen LogP contribution >= 0.6 is 11.8 Å². The highest BCUT2D eigenvalue weighted by atomic mass is 32.2. The summed E-state index contributed by atoms with van der Waals surface area (Å²) in [5, 5.41) is 15.6. The topological polar surface area (TPSA) is 94.4 Å². The number of hydrogen-bond donors (Lipinski definition) is 1. The van der Waals surface area contributed by atoms with Crippen LogP contribution in [0.1, 0.15) is 6.92 Å². The van der Waals surface area contributed by atoms with Gasteiger partial charge in [0.15, 0.2) is 0 Å². The first-order valence-electron chi connectivity index (χ1n) is 8.26. The fourth-order valence-electron chi connectivity index (χ4n) is 2.48. The summed E-state index contributed by atoms with van der Waals surface area (Å²) in [6.07, 6.45) is 0. The maximum atomic E-state index is 12.2. The molecule has 0 aliphatic carbocycles. The highest BCUT2D eigenvalue weighted by Crippen LogP contribution is 2.29. The Bertz CT molecular complexity index is 994. The van der Waals surface area contributed by atoms with E-state index in [1.54, 1.807) is 13.0 Å². The summed E-state index contributed by atoms with van der Waals surface area (Å²) in [4.78, 5) is 27.4. The van der Waals surface area contributed by atoms with E-state index in [0.29, 0.717) is 17.4 Å². The standard InChI is InChI=1S/C19H17N3O4S/c1-2-26-14-8-9-16(17(11-14)22(24)25)20-18(23)12-27-19-10-7-13-5-3-4-6-15(13)21-19/h3-11H,2,12H2,1H3,(H,20,23). The zero-order valence-electron chi connectivity index (χ0n) is 14.5. The van der Waals surface area contributed by atoms with E-state index in [0.717, 1.165) is 10.9 Å². The Balaban J connectivity index is 1.67. The molecule has 0 radical (unpaired) electrons. The van der Waals surface area contributed by atoms with E-state index in [1.165, 1.54) is 23.9 Å². The number of aromatic nitrogens is 1. The number of nitrogens with one attached hydrogen (secondary N) is 1.